The highest BCUT2D eigenvalue weighted by molar-refractivity contribution is 5.93. The summed E-state index contributed by atoms with van der Waals surface area (Å²) in [6, 6.07) is 21.4. The number of hydrogen-bond acceptors (Lipinski definition) is 5. The zero-order valence-electron chi connectivity index (χ0n) is 26.2. The van der Waals surface area contributed by atoms with E-state index in [0.717, 1.165) is 59.8 Å². The quantitative estimate of drug-likeness (QED) is 0.140. The van der Waals surface area contributed by atoms with Crippen molar-refractivity contribution in [1.29, 1.82) is 0 Å². The third-order valence-corrected chi connectivity index (χ3v) is 8.29. The second-order valence-electron chi connectivity index (χ2n) is 12.8. The van der Waals surface area contributed by atoms with Crippen LogP contribution in [0.5, 0.6) is 0 Å². The van der Waals surface area contributed by atoms with Crippen molar-refractivity contribution >= 4 is 35.2 Å². The standard InChI is InChI=1S/C36H42N4O5/c1-36(2,3)45-34(42)38-28-14-16-29(17-15-28)40(35(43)44)33-22-25(12-18-30(33)27-10-5-4-6-11-27)9-7-8-20-39-24-37-31-21-26(23-41)13-19-32(31)39/h4-6,10-13,18-19,21-24,28-29H,7-9,14-17,20H2,1-3H3,(H,38,42)(H,43,44)/t28-,29-. The molecule has 9 heteroatoms. The number of fused-ring (bicyclic) bond motifs is 1. The highest BCUT2D eigenvalue weighted by Crippen LogP contribution is 2.37. The maximum atomic E-state index is 12.9. The summed E-state index contributed by atoms with van der Waals surface area (Å²) >= 11 is 0. The van der Waals surface area contributed by atoms with Gasteiger partial charge in [-0.25, -0.2) is 14.6 Å². The summed E-state index contributed by atoms with van der Waals surface area (Å²) in [6.07, 6.45) is 6.51. The Kier molecular flexibility index (Phi) is 9.86. The highest BCUT2D eigenvalue weighted by atomic mass is 16.6. The van der Waals surface area contributed by atoms with E-state index in [-0.39, 0.29) is 12.1 Å². The fourth-order valence-electron chi connectivity index (χ4n) is 6.15. The molecule has 0 bridgehead atoms. The zero-order chi connectivity index (χ0) is 32.0. The number of rotatable bonds is 10. The molecule has 3 aromatic carbocycles. The Hall–Kier alpha value is -4.66. The van der Waals surface area contributed by atoms with Crippen LogP contribution in [0.15, 0.2) is 73.1 Å². The van der Waals surface area contributed by atoms with Crippen molar-refractivity contribution in [3.63, 3.8) is 0 Å². The van der Waals surface area contributed by atoms with Gasteiger partial charge in [-0.1, -0.05) is 42.5 Å². The second-order valence-corrected chi connectivity index (χ2v) is 12.8. The maximum Gasteiger partial charge on any atom is 0.412 e. The molecule has 1 fully saturated rings. The molecular weight excluding hydrogens is 568 g/mol. The number of hydrogen-bond donors (Lipinski definition) is 2. The van der Waals surface area contributed by atoms with E-state index in [1.807, 2.05) is 81.7 Å². The summed E-state index contributed by atoms with van der Waals surface area (Å²) in [5.74, 6) is 0. The van der Waals surface area contributed by atoms with Crippen LogP contribution in [0.2, 0.25) is 0 Å². The number of anilines is 1. The Bertz CT molecular complexity index is 1630. The lowest BCUT2D eigenvalue weighted by atomic mass is 9.89. The molecule has 5 rings (SSSR count). The smallest absolute Gasteiger partial charge is 0.412 e. The molecule has 2 N–H and O–H groups in total. The van der Waals surface area contributed by atoms with E-state index in [9.17, 15) is 19.5 Å². The number of imidazole rings is 1. The van der Waals surface area contributed by atoms with Crippen molar-refractivity contribution in [3.05, 3.63) is 84.2 Å². The minimum atomic E-state index is -0.974. The van der Waals surface area contributed by atoms with Gasteiger partial charge < -0.3 is 19.7 Å². The molecule has 236 valence electrons. The van der Waals surface area contributed by atoms with E-state index in [4.69, 9.17) is 4.74 Å². The van der Waals surface area contributed by atoms with Crippen LogP contribution in [0.3, 0.4) is 0 Å². The Morgan fingerprint density at radius 2 is 1.78 bits per heavy atom. The van der Waals surface area contributed by atoms with Gasteiger partial charge in [-0.05, 0) is 101 Å². The predicted octanol–water partition coefficient (Wildman–Crippen LogP) is 7.86. The van der Waals surface area contributed by atoms with Gasteiger partial charge in [-0.2, -0.15) is 0 Å². The molecule has 2 amide bonds. The summed E-state index contributed by atoms with van der Waals surface area (Å²) in [7, 11) is 0. The van der Waals surface area contributed by atoms with Crippen LogP contribution in [0.25, 0.3) is 22.2 Å². The number of amides is 2. The topological polar surface area (TPSA) is 114 Å². The number of carbonyl (C=O) groups excluding carboxylic acids is 2. The number of benzene rings is 3. The second kappa shape index (κ2) is 14.0. The van der Waals surface area contributed by atoms with Gasteiger partial charge in [0.05, 0.1) is 23.0 Å². The van der Waals surface area contributed by atoms with Crippen LogP contribution in [-0.4, -0.2) is 50.8 Å². The average Bonchev–Trinajstić information content (AvgIpc) is 3.41. The van der Waals surface area contributed by atoms with Crippen molar-refractivity contribution in [2.24, 2.45) is 0 Å². The first-order valence-electron chi connectivity index (χ1n) is 15.7. The summed E-state index contributed by atoms with van der Waals surface area (Å²) < 4.78 is 7.52. The zero-order valence-corrected chi connectivity index (χ0v) is 26.2. The summed E-state index contributed by atoms with van der Waals surface area (Å²) in [5.41, 5.74) is 5.49. The van der Waals surface area contributed by atoms with Crippen LogP contribution >= 0.6 is 0 Å². The lowest BCUT2D eigenvalue weighted by Crippen LogP contribution is -2.47. The molecule has 0 spiro atoms. The van der Waals surface area contributed by atoms with Gasteiger partial charge in [0, 0.05) is 29.8 Å². The van der Waals surface area contributed by atoms with E-state index in [1.54, 1.807) is 11.0 Å². The molecule has 0 atom stereocenters. The molecule has 1 heterocycles. The monoisotopic (exact) mass is 610 g/mol. The average molecular weight is 611 g/mol. The molecule has 1 saturated carbocycles. The van der Waals surface area contributed by atoms with Crippen molar-refractivity contribution in [2.75, 3.05) is 4.90 Å². The largest absolute Gasteiger partial charge is 0.465 e. The van der Waals surface area contributed by atoms with Gasteiger partial charge in [0.1, 0.15) is 11.9 Å². The summed E-state index contributed by atoms with van der Waals surface area (Å²) in [5, 5.41) is 13.5. The van der Waals surface area contributed by atoms with Gasteiger partial charge >= 0.3 is 12.2 Å². The maximum absolute atomic E-state index is 12.9. The fraction of sp³-hybridized carbons (Fsp3) is 0.389. The van der Waals surface area contributed by atoms with Gasteiger partial charge in [0.15, 0.2) is 0 Å². The number of aromatic nitrogens is 2. The molecule has 1 aromatic heterocycles. The number of carboxylic acid groups (broad SMARTS) is 1. The number of aldehydes is 1. The number of carbonyl (C=O) groups is 3. The van der Waals surface area contributed by atoms with Crippen molar-refractivity contribution < 1.29 is 24.2 Å². The van der Waals surface area contributed by atoms with Crippen molar-refractivity contribution in [2.45, 2.75) is 89.9 Å². The Balaban J connectivity index is 1.29. The predicted molar refractivity (Wildman–Crippen MR) is 176 cm³/mol. The minimum absolute atomic E-state index is 0.0497. The van der Waals surface area contributed by atoms with Gasteiger partial charge in [-0.15, -0.1) is 0 Å². The lowest BCUT2D eigenvalue weighted by Gasteiger charge is -2.36. The molecule has 4 aromatic rings. The molecule has 0 aliphatic heterocycles. The number of alkyl carbamates (subject to hydrolysis) is 1. The highest BCUT2D eigenvalue weighted by Gasteiger charge is 2.32. The molecule has 1 aliphatic carbocycles. The van der Waals surface area contributed by atoms with Gasteiger partial charge in [-0.3, -0.25) is 9.69 Å². The van der Waals surface area contributed by atoms with Gasteiger partial charge in [0.25, 0.3) is 0 Å². The first kappa shape index (κ1) is 31.8. The molecule has 45 heavy (non-hydrogen) atoms. The van der Waals surface area contributed by atoms with E-state index in [0.29, 0.717) is 36.9 Å². The van der Waals surface area contributed by atoms with Crippen LogP contribution in [-0.2, 0) is 17.7 Å². The number of nitrogens with zero attached hydrogens (tertiary/aromatic N) is 3. The third kappa shape index (κ3) is 8.09. The molecule has 0 radical (unpaired) electrons. The number of aryl methyl sites for hydroxylation is 2. The number of unbranched alkanes of at least 4 members (excludes halogenated alkanes) is 1. The Labute approximate surface area is 264 Å². The summed E-state index contributed by atoms with van der Waals surface area (Å²) in [6.45, 7) is 6.30. The third-order valence-electron chi connectivity index (χ3n) is 8.29. The molecule has 0 saturated heterocycles. The molecule has 1 aliphatic rings. The van der Waals surface area contributed by atoms with Gasteiger partial charge in [0.2, 0.25) is 0 Å². The first-order valence-corrected chi connectivity index (χ1v) is 15.7. The molecular formula is C36H42N4O5. The van der Waals surface area contributed by atoms with Crippen LogP contribution in [0, 0.1) is 0 Å². The van der Waals surface area contributed by atoms with Crippen LogP contribution < -0.4 is 10.2 Å². The number of ether oxygens (including phenoxy) is 1. The SMILES string of the molecule is CC(C)(C)OC(=O)N[C@H]1CC[C@H](N(C(=O)O)c2cc(CCCCn3cnc4cc(C=O)ccc43)ccc2-c2ccccc2)CC1. The first-order chi connectivity index (χ1) is 21.6. The Morgan fingerprint density at radius 1 is 1.02 bits per heavy atom. The molecule has 9 nitrogen and oxygen atoms in total. The van der Waals surface area contributed by atoms with Crippen LogP contribution in [0.4, 0.5) is 15.3 Å². The fourth-order valence-corrected chi connectivity index (χ4v) is 6.15. The van der Waals surface area contributed by atoms with Crippen LogP contribution in [0.1, 0.15) is 75.2 Å². The molecule has 0 unspecified atom stereocenters. The normalized spacial score (nSPS) is 16.7. The van der Waals surface area contributed by atoms with Crippen molar-refractivity contribution in [1.82, 2.24) is 14.9 Å². The lowest BCUT2D eigenvalue weighted by molar-refractivity contribution is 0.0490. The summed E-state index contributed by atoms with van der Waals surface area (Å²) in [4.78, 5) is 42.3. The number of nitrogens with one attached hydrogen (secondary N) is 1. The Morgan fingerprint density at radius 3 is 2.47 bits per heavy atom. The van der Waals surface area contributed by atoms with Crippen molar-refractivity contribution in [3.8, 4) is 11.1 Å². The van der Waals surface area contributed by atoms with E-state index in [1.165, 1.54) is 0 Å². The van der Waals surface area contributed by atoms with E-state index >= 15 is 0 Å². The minimum Gasteiger partial charge on any atom is -0.465 e. The van der Waals surface area contributed by atoms with E-state index in [2.05, 4.69) is 20.9 Å². The van der Waals surface area contributed by atoms with E-state index < -0.39 is 17.8 Å².